The summed E-state index contributed by atoms with van der Waals surface area (Å²) in [6.45, 7) is 0. The van der Waals surface area contributed by atoms with Gasteiger partial charge in [-0.15, -0.1) is 0 Å². The number of pyridine rings is 1. The third-order valence-electron chi connectivity index (χ3n) is 2.44. The van der Waals surface area contributed by atoms with E-state index in [1.54, 1.807) is 0 Å². The van der Waals surface area contributed by atoms with Crippen LogP contribution in [0.25, 0.3) is 0 Å². The summed E-state index contributed by atoms with van der Waals surface area (Å²) in [4.78, 5) is 37.7. The van der Waals surface area contributed by atoms with Crippen molar-refractivity contribution in [2.24, 2.45) is 0 Å². The highest BCUT2D eigenvalue weighted by molar-refractivity contribution is 9.10. The lowest BCUT2D eigenvalue weighted by Gasteiger charge is -2.13. The molecule has 2 N–H and O–H groups in total. The number of ether oxygens (including phenoxy) is 1. The zero-order valence-corrected chi connectivity index (χ0v) is 12.2. The first-order valence-corrected chi connectivity index (χ1v) is 6.44. The number of hydrogen-bond acceptors (Lipinski definition) is 5. The number of nitrogens with one attached hydrogen (secondary N) is 1. The molecule has 1 aromatic heterocycles. The van der Waals surface area contributed by atoms with E-state index in [9.17, 15) is 14.4 Å². The van der Waals surface area contributed by atoms with Crippen molar-refractivity contribution in [1.82, 2.24) is 10.3 Å². The minimum Gasteiger partial charge on any atom is -0.480 e. The number of aromatic nitrogens is 1. The van der Waals surface area contributed by atoms with Gasteiger partial charge in [0.05, 0.1) is 12.7 Å². The van der Waals surface area contributed by atoms with Crippen LogP contribution in [0.15, 0.2) is 22.9 Å². The summed E-state index contributed by atoms with van der Waals surface area (Å²) >= 11 is 3.16. The number of carbonyl (C=O) groups is 3. The number of rotatable bonds is 6. The molecular formula is C12H13BrN2O5. The van der Waals surface area contributed by atoms with E-state index < -0.39 is 23.9 Å². The van der Waals surface area contributed by atoms with E-state index in [-0.39, 0.29) is 18.4 Å². The van der Waals surface area contributed by atoms with Gasteiger partial charge in [0, 0.05) is 23.3 Å². The molecule has 0 aliphatic rings. The van der Waals surface area contributed by atoms with E-state index in [4.69, 9.17) is 5.11 Å². The van der Waals surface area contributed by atoms with E-state index in [2.05, 4.69) is 31.0 Å². The number of esters is 1. The van der Waals surface area contributed by atoms with Crippen molar-refractivity contribution in [2.45, 2.75) is 18.9 Å². The molecule has 0 bridgehead atoms. The molecule has 0 aliphatic heterocycles. The van der Waals surface area contributed by atoms with Gasteiger partial charge in [0.25, 0.3) is 5.91 Å². The van der Waals surface area contributed by atoms with Crippen LogP contribution >= 0.6 is 15.9 Å². The minimum absolute atomic E-state index is 0.0464. The van der Waals surface area contributed by atoms with Crippen LogP contribution in [0.4, 0.5) is 0 Å². The summed E-state index contributed by atoms with van der Waals surface area (Å²) in [5, 5.41) is 11.3. The zero-order chi connectivity index (χ0) is 15.1. The van der Waals surface area contributed by atoms with Gasteiger partial charge in [-0.3, -0.25) is 14.6 Å². The Morgan fingerprint density at radius 2 is 2.15 bits per heavy atom. The molecule has 1 rings (SSSR count). The van der Waals surface area contributed by atoms with Crippen LogP contribution in [-0.4, -0.2) is 41.1 Å². The van der Waals surface area contributed by atoms with Crippen molar-refractivity contribution in [1.29, 1.82) is 0 Å². The highest BCUT2D eigenvalue weighted by Crippen LogP contribution is 2.10. The molecule has 0 aliphatic carbocycles. The first kappa shape index (κ1) is 16.1. The lowest BCUT2D eigenvalue weighted by molar-refractivity contribution is -0.142. The zero-order valence-electron chi connectivity index (χ0n) is 10.6. The Labute approximate surface area is 123 Å². The molecule has 0 saturated carbocycles. The predicted octanol–water partition coefficient (Wildman–Crippen LogP) is 0.980. The summed E-state index contributed by atoms with van der Waals surface area (Å²) in [5.41, 5.74) is 0.226. The average Bonchev–Trinajstić information content (AvgIpc) is 2.42. The normalized spacial score (nSPS) is 11.5. The largest absolute Gasteiger partial charge is 0.480 e. The summed E-state index contributed by atoms with van der Waals surface area (Å²) < 4.78 is 5.03. The second kappa shape index (κ2) is 7.59. The van der Waals surface area contributed by atoms with Gasteiger partial charge in [-0.2, -0.15) is 0 Å². The first-order chi connectivity index (χ1) is 9.43. The standard InChI is InChI=1S/C12H13BrN2O5/c1-20-10(16)3-2-9(12(18)19)15-11(17)7-4-8(13)6-14-5-7/h4-6,9H,2-3H2,1H3,(H,15,17)(H,18,19). The van der Waals surface area contributed by atoms with Gasteiger partial charge in [-0.05, 0) is 28.4 Å². The van der Waals surface area contributed by atoms with Gasteiger partial charge in [0.2, 0.25) is 0 Å². The number of hydrogen-bond donors (Lipinski definition) is 2. The molecule has 108 valence electrons. The SMILES string of the molecule is COC(=O)CCC(NC(=O)c1cncc(Br)c1)C(=O)O. The molecule has 1 amide bonds. The van der Waals surface area contributed by atoms with Gasteiger partial charge < -0.3 is 15.2 Å². The van der Waals surface area contributed by atoms with Crippen LogP contribution < -0.4 is 5.32 Å². The topological polar surface area (TPSA) is 106 Å². The third kappa shape index (κ3) is 4.96. The summed E-state index contributed by atoms with van der Waals surface area (Å²) in [6, 6.07) is 0.349. The van der Waals surface area contributed by atoms with Crippen molar-refractivity contribution >= 4 is 33.8 Å². The Morgan fingerprint density at radius 1 is 1.45 bits per heavy atom. The third-order valence-corrected chi connectivity index (χ3v) is 2.87. The molecule has 1 heterocycles. The monoisotopic (exact) mass is 344 g/mol. The summed E-state index contributed by atoms with van der Waals surface area (Å²) in [7, 11) is 1.21. The molecule has 20 heavy (non-hydrogen) atoms. The number of halogens is 1. The molecule has 7 nitrogen and oxygen atoms in total. The lowest BCUT2D eigenvalue weighted by Crippen LogP contribution is -2.41. The maximum atomic E-state index is 11.9. The molecule has 1 aromatic rings. The van der Waals surface area contributed by atoms with Crippen LogP contribution in [-0.2, 0) is 14.3 Å². The maximum Gasteiger partial charge on any atom is 0.326 e. The number of aliphatic carboxylic acids is 1. The van der Waals surface area contributed by atoms with Crippen LogP contribution in [0.5, 0.6) is 0 Å². The molecule has 0 fully saturated rings. The van der Waals surface area contributed by atoms with Crippen molar-refractivity contribution in [3.8, 4) is 0 Å². The number of carboxylic acids is 1. The highest BCUT2D eigenvalue weighted by Gasteiger charge is 2.22. The number of carboxylic acid groups (broad SMARTS) is 1. The van der Waals surface area contributed by atoms with Crippen LogP contribution in [0.3, 0.4) is 0 Å². The van der Waals surface area contributed by atoms with E-state index in [0.29, 0.717) is 4.47 Å². The van der Waals surface area contributed by atoms with Gasteiger partial charge in [-0.25, -0.2) is 4.79 Å². The first-order valence-electron chi connectivity index (χ1n) is 5.65. The van der Waals surface area contributed by atoms with E-state index in [0.717, 1.165) is 0 Å². The highest BCUT2D eigenvalue weighted by atomic mass is 79.9. The number of methoxy groups -OCH3 is 1. The molecule has 1 unspecified atom stereocenters. The summed E-state index contributed by atoms with van der Waals surface area (Å²) in [6.07, 6.45) is 2.68. The maximum absolute atomic E-state index is 11.9. The Bertz CT molecular complexity index is 520. The number of carbonyl (C=O) groups excluding carboxylic acids is 2. The second-order valence-electron chi connectivity index (χ2n) is 3.87. The Hall–Kier alpha value is -1.96. The van der Waals surface area contributed by atoms with E-state index in [1.807, 2.05) is 0 Å². The van der Waals surface area contributed by atoms with Crippen LogP contribution in [0, 0.1) is 0 Å². The Morgan fingerprint density at radius 3 is 2.70 bits per heavy atom. The van der Waals surface area contributed by atoms with Gasteiger partial charge in [0.1, 0.15) is 6.04 Å². The fourth-order valence-corrected chi connectivity index (χ4v) is 1.76. The van der Waals surface area contributed by atoms with E-state index in [1.165, 1.54) is 25.6 Å². The van der Waals surface area contributed by atoms with Crippen LogP contribution in [0.2, 0.25) is 0 Å². The van der Waals surface area contributed by atoms with Gasteiger partial charge in [-0.1, -0.05) is 0 Å². The predicted molar refractivity (Wildman–Crippen MR) is 72.1 cm³/mol. The molecule has 8 heteroatoms. The van der Waals surface area contributed by atoms with Crippen LogP contribution in [0.1, 0.15) is 23.2 Å². The molecule has 0 spiro atoms. The molecule has 0 aromatic carbocycles. The lowest BCUT2D eigenvalue weighted by atomic mass is 10.1. The Balaban J connectivity index is 2.68. The Kier molecular flexibility index (Phi) is 6.10. The molecule has 0 saturated heterocycles. The summed E-state index contributed by atoms with van der Waals surface area (Å²) in [5.74, 6) is -2.32. The number of nitrogens with zero attached hydrogens (tertiary/aromatic N) is 1. The van der Waals surface area contributed by atoms with Crippen molar-refractivity contribution in [3.05, 3.63) is 28.5 Å². The average molecular weight is 345 g/mol. The van der Waals surface area contributed by atoms with Gasteiger partial charge >= 0.3 is 11.9 Å². The quantitative estimate of drug-likeness (QED) is 0.745. The van der Waals surface area contributed by atoms with E-state index >= 15 is 0 Å². The molecular weight excluding hydrogens is 332 g/mol. The van der Waals surface area contributed by atoms with Crippen molar-refractivity contribution < 1.29 is 24.2 Å². The number of amides is 1. The van der Waals surface area contributed by atoms with Crippen molar-refractivity contribution in [2.75, 3.05) is 7.11 Å². The van der Waals surface area contributed by atoms with Crippen molar-refractivity contribution in [3.63, 3.8) is 0 Å². The van der Waals surface area contributed by atoms with Gasteiger partial charge in [0.15, 0.2) is 0 Å². The fourth-order valence-electron chi connectivity index (χ4n) is 1.40. The minimum atomic E-state index is -1.22. The molecule has 1 atom stereocenters. The fraction of sp³-hybridized carbons (Fsp3) is 0.333. The smallest absolute Gasteiger partial charge is 0.326 e. The second-order valence-corrected chi connectivity index (χ2v) is 4.79. The molecule has 0 radical (unpaired) electrons.